The summed E-state index contributed by atoms with van der Waals surface area (Å²) in [5, 5.41) is 0. The van der Waals surface area contributed by atoms with E-state index in [2.05, 4.69) is 9.72 Å². The number of pyridine rings is 1. The summed E-state index contributed by atoms with van der Waals surface area (Å²) in [5.41, 5.74) is 1.16. The molecule has 0 bridgehead atoms. The number of ether oxygens (including phenoxy) is 1. The molecule has 0 radical (unpaired) electrons. The molecule has 0 unspecified atom stereocenters. The van der Waals surface area contributed by atoms with Crippen LogP contribution in [0.5, 0.6) is 5.75 Å². The number of benzene rings is 1. The number of carbonyl (C=O) groups excluding carboxylic acids is 1. The summed E-state index contributed by atoms with van der Waals surface area (Å²) < 4.78 is 40.2. The molecule has 1 aromatic carbocycles. The molecule has 0 aliphatic heterocycles. The van der Waals surface area contributed by atoms with Gasteiger partial charge in [0.25, 0.3) is 0 Å². The minimum Gasteiger partial charge on any atom is -0.406 e. The molecule has 2 aromatic rings. The molecule has 104 valence electrons. The van der Waals surface area contributed by atoms with Crippen molar-refractivity contribution < 1.29 is 22.7 Å². The average molecular weight is 281 g/mol. The van der Waals surface area contributed by atoms with Crippen molar-refractivity contribution in [3.05, 3.63) is 59.4 Å². The number of ketones is 1. The Morgan fingerprint density at radius 3 is 2.50 bits per heavy atom. The summed E-state index contributed by atoms with van der Waals surface area (Å²) in [5.74, 6) is -0.839. The lowest BCUT2D eigenvalue weighted by molar-refractivity contribution is -0.274. The first-order valence-corrected chi connectivity index (χ1v) is 5.68. The summed E-state index contributed by atoms with van der Waals surface area (Å²) in [4.78, 5) is 16.1. The fraction of sp³-hybridized carbons (Fsp3) is 0.143. The Bertz CT molecular complexity index is 621. The van der Waals surface area contributed by atoms with Crippen LogP contribution in [-0.4, -0.2) is 17.1 Å². The molecule has 0 saturated heterocycles. The lowest BCUT2D eigenvalue weighted by Crippen LogP contribution is -2.17. The summed E-state index contributed by atoms with van der Waals surface area (Å²) in [6.07, 6.45) is -3.40. The summed E-state index contributed by atoms with van der Waals surface area (Å²) >= 11 is 0. The molecule has 0 N–H and O–H groups in total. The summed E-state index contributed by atoms with van der Waals surface area (Å²) in [6.45, 7) is 1.77. The molecule has 0 spiro atoms. The molecule has 0 fully saturated rings. The third-order valence-corrected chi connectivity index (χ3v) is 2.50. The number of hydrogen-bond donors (Lipinski definition) is 0. The van der Waals surface area contributed by atoms with Crippen LogP contribution in [0.1, 0.15) is 21.6 Å². The Morgan fingerprint density at radius 1 is 1.15 bits per heavy atom. The lowest BCUT2D eigenvalue weighted by atomic mass is 10.0. The first-order chi connectivity index (χ1) is 9.35. The van der Waals surface area contributed by atoms with Crippen LogP contribution < -0.4 is 4.74 Å². The molecule has 0 amide bonds. The third kappa shape index (κ3) is 3.57. The van der Waals surface area contributed by atoms with Gasteiger partial charge in [0, 0.05) is 23.0 Å². The van der Waals surface area contributed by atoms with Gasteiger partial charge in [-0.2, -0.15) is 0 Å². The molecule has 0 aliphatic carbocycles. The van der Waals surface area contributed by atoms with Crippen LogP contribution in [0.25, 0.3) is 0 Å². The van der Waals surface area contributed by atoms with Crippen LogP contribution in [0, 0.1) is 6.92 Å². The zero-order chi connectivity index (χ0) is 14.8. The smallest absolute Gasteiger partial charge is 0.406 e. The Labute approximate surface area is 113 Å². The van der Waals surface area contributed by atoms with Crippen molar-refractivity contribution in [3.8, 4) is 5.75 Å². The van der Waals surface area contributed by atoms with Gasteiger partial charge in [0.05, 0.1) is 0 Å². The Hall–Kier alpha value is -2.37. The van der Waals surface area contributed by atoms with Gasteiger partial charge in [0.2, 0.25) is 0 Å². The topological polar surface area (TPSA) is 39.2 Å². The summed E-state index contributed by atoms with van der Waals surface area (Å²) in [7, 11) is 0. The van der Waals surface area contributed by atoms with Crippen molar-refractivity contribution in [1.82, 2.24) is 4.98 Å². The van der Waals surface area contributed by atoms with E-state index < -0.39 is 17.9 Å². The second kappa shape index (κ2) is 5.32. The third-order valence-electron chi connectivity index (χ3n) is 2.50. The van der Waals surface area contributed by atoms with Crippen molar-refractivity contribution >= 4 is 5.78 Å². The van der Waals surface area contributed by atoms with E-state index in [1.54, 1.807) is 19.1 Å². The standard InChI is InChI=1S/C14H10F3NO2/c1-9-5-6-11(8-18-9)13(19)10-3-2-4-12(7-10)20-14(15,16)17/h2-8H,1H3. The predicted octanol–water partition coefficient (Wildman–Crippen LogP) is 3.52. The maximum absolute atomic E-state index is 12.1. The van der Waals surface area contributed by atoms with Gasteiger partial charge in [0.1, 0.15) is 5.75 Å². The van der Waals surface area contributed by atoms with Gasteiger partial charge in [-0.15, -0.1) is 13.2 Å². The SMILES string of the molecule is Cc1ccc(C(=O)c2cccc(OC(F)(F)F)c2)cn1. The molecule has 20 heavy (non-hydrogen) atoms. The number of carbonyl (C=O) groups is 1. The zero-order valence-electron chi connectivity index (χ0n) is 10.4. The van der Waals surface area contributed by atoms with E-state index in [4.69, 9.17) is 0 Å². The maximum atomic E-state index is 12.1. The van der Waals surface area contributed by atoms with E-state index in [9.17, 15) is 18.0 Å². The van der Waals surface area contributed by atoms with Gasteiger partial charge in [-0.1, -0.05) is 12.1 Å². The van der Waals surface area contributed by atoms with Gasteiger partial charge >= 0.3 is 6.36 Å². The number of halogens is 3. The highest BCUT2D eigenvalue weighted by atomic mass is 19.4. The molecular weight excluding hydrogens is 271 g/mol. The fourth-order valence-electron chi connectivity index (χ4n) is 1.60. The van der Waals surface area contributed by atoms with E-state index in [1.807, 2.05) is 0 Å². The van der Waals surface area contributed by atoms with Gasteiger partial charge in [-0.3, -0.25) is 9.78 Å². The molecule has 0 atom stereocenters. The fourth-order valence-corrected chi connectivity index (χ4v) is 1.60. The van der Waals surface area contributed by atoms with Crippen molar-refractivity contribution in [2.45, 2.75) is 13.3 Å². The Balaban J connectivity index is 2.26. The number of aromatic nitrogens is 1. The maximum Gasteiger partial charge on any atom is 0.573 e. The van der Waals surface area contributed by atoms with Gasteiger partial charge < -0.3 is 4.74 Å². The van der Waals surface area contributed by atoms with E-state index in [1.165, 1.54) is 18.3 Å². The molecule has 1 aromatic heterocycles. The number of rotatable bonds is 3. The first-order valence-electron chi connectivity index (χ1n) is 5.68. The molecule has 6 heteroatoms. The minimum atomic E-state index is -4.78. The van der Waals surface area contributed by atoms with E-state index in [0.29, 0.717) is 5.56 Å². The van der Waals surface area contributed by atoms with E-state index in [-0.39, 0.29) is 5.56 Å². The quantitative estimate of drug-likeness (QED) is 0.808. The molecule has 0 saturated carbocycles. The molecule has 0 aliphatic rings. The molecule has 3 nitrogen and oxygen atoms in total. The van der Waals surface area contributed by atoms with Gasteiger partial charge in [-0.05, 0) is 31.2 Å². The summed E-state index contributed by atoms with van der Waals surface area (Å²) in [6, 6.07) is 8.17. The van der Waals surface area contributed by atoms with E-state index >= 15 is 0 Å². The minimum absolute atomic E-state index is 0.109. The molecule has 2 rings (SSSR count). The zero-order valence-corrected chi connectivity index (χ0v) is 10.4. The van der Waals surface area contributed by atoms with Gasteiger partial charge in [0.15, 0.2) is 5.78 Å². The molecular formula is C14H10F3NO2. The van der Waals surface area contributed by atoms with Crippen LogP contribution in [0.3, 0.4) is 0 Å². The second-order valence-electron chi connectivity index (χ2n) is 4.09. The highest BCUT2D eigenvalue weighted by Gasteiger charge is 2.31. The number of nitrogens with zero attached hydrogens (tertiary/aromatic N) is 1. The van der Waals surface area contributed by atoms with Crippen molar-refractivity contribution in [2.75, 3.05) is 0 Å². The lowest BCUT2D eigenvalue weighted by Gasteiger charge is -2.09. The predicted molar refractivity (Wildman–Crippen MR) is 65.5 cm³/mol. The monoisotopic (exact) mass is 281 g/mol. The van der Waals surface area contributed by atoms with Crippen LogP contribution in [0.4, 0.5) is 13.2 Å². The molecule has 1 heterocycles. The second-order valence-corrected chi connectivity index (χ2v) is 4.09. The normalized spacial score (nSPS) is 11.2. The number of hydrogen-bond acceptors (Lipinski definition) is 3. The van der Waals surface area contributed by atoms with Crippen molar-refractivity contribution in [1.29, 1.82) is 0 Å². The van der Waals surface area contributed by atoms with Crippen molar-refractivity contribution in [3.63, 3.8) is 0 Å². The Kier molecular flexibility index (Phi) is 3.74. The van der Waals surface area contributed by atoms with Gasteiger partial charge in [-0.25, -0.2) is 0 Å². The highest BCUT2D eigenvalue weighted by molar-refractivity contribution is 6.08. The average Bonchev–Trinajstić information content (AvgIpc) is 2.37. The Morgan fingerprint density at radius 2 is 1.90 bits per heavy atom. The number of alkyl halides is 3. The highest BCUT2D eigenvalue weighted by Crippen LogP contribution is 2.24. The number of aryl methyl sites for hydroxylation is 1. The largest absolute Gasteiger partial charge is 0.573 e. The van der Waals surface area contributed by atoms with Crippen molar-refractivity contribution in [2.24, 2.45) is 0 Å². The van der Waals surface area contributed by atoms with E-state index in [0.717, 1.165) is 17.8 Å². The van der Waals surface area contributed by atoms with Crippen LogP contribution in [0.15, 0.2) is 42.6 Å². The van der Waals surface area contributed by atoms with Crippen LogP contribution >= 0.6 is 0 Å². The first kappa shape index (κ1) is 14.0. The van der Waals surface area contributed by atoms with Crippen LogP contribution in [0.2, 0.25) is 0 Å². The van der Waals surface area contributed by atoms with Crippen LogP contribution in [-0.2, 0) is 0 Å².